The summed E-state index contributed by atoms with van der Waals surface area (Å²) in [5.74, 6) is -0.0576. The molecule has 0 N–H and O–H groups in total. The first-order valence-electron chi connectivity index (χ1n) is 10.7. The van der Waals surface area contributed by atoms with Crippen molar-refractivity contribution in [2.45, 2.75) is 25.9 Å². The van der Waals surface area contributed by atoms with E-state index in [1.807, 2.05) is 47.3 Å². The summed E-state index contributed by atoms with van der Waals surface area (Å²) in [7, 11) is 0. The molecule has 5 nitrogen and oxygen atoms in total. The molecule has 1 aromatic heterocycles. The second kappa shape index (κ2) is 9.02. The van der Waals surface area contributed by atoms with Gasteiger partial charge in [0.25, 0.3) is 5.91 Å². The van der Waals surface area contributed by atoms with Gasteiger partial charge in [0, 0.05) is 23.9 Å². The van der Waals surface area contributed by atoms with E-state index in [1.54, 1.807) is 4.90 Å². The Balaban J connectivity index is 1.51. The van der Waals surface area contributed by atoms with Crippen molar-refractivity contribution in [3.05, 3.63) is 76.8 Å². The number of ether oxygens (including phenoxy) is 1. The van der Waals surface area contributed by atoms with Gasteiger partial charge in [0.15, 0.2) is 0 Å². The van der Waals surface area contributed by atoms with Gasteiger partial charge in [-0.05, 0) is 38.0 Å². The first kappa shape index (κ1) is 21.1. The molecule has 2 saturated heterocycles. The van der Waals surface area contributed by atoms with E-state index in [-0.39, 0.29) is 12.0 Å². The third kappa shape index (κ3) is 4.28. The summed E-state index contributed by atoms with van der Waals surface area (Å²) in [6.45, 7) is 3.34. The lowest BCUT2D eigenvalue weighted by Gasteiger charge is -2.18. The molecule has 3 aromatic rings. The first-order valence-corrected chi connectivity index (χ1v) is 11.9. The minimum Gasteiger partial charge on any atom is -0.376 e. The van der Waals surface area contributed by atoms with E-state index in [0.29, 0.717) is 15.8 Å². The summed E-state index contributed by atoms with van der Waals surface area (Å²) < 4.78 is 8.15. The number of hydrogen-bond acceptors (Lipinski definition) is 5. The zero-order valence-corrected chi connectivity index (χ0v) is 19.4. The van der Waals surface area contributed by atoms with E-state index in [0.717, 1.165) is 42.0 Å². The Morgan fingerprint density at radius 1 is 1.19 bits per heavy atom. The van der Waals surface area contributed by atoms with Gasteiger partial charge in [0.1, 0.15) is 4.32 Å². The van der Waals surface area contributed by atoms with Crippen molar-refractivity contribution in [3.8, 4) is 16.9 Å². The topological polar surface area (TPSA) is 47.4 Å². The number of carbonyl (C=O) groups is 1. The van der Waals surface area contributed by atoms with Crippen LogP contribution in [0.15, 0.2) is 65.7 Å². The van der Waals surface area contributed by atoms with Crippen molar-refractivity contribution in [2.75, 3.05) is 13.2 Å². The van der Waals surface area contributed by atoms with Gasteiger partial charge in [-0.2, -0.15) is 5.10 Å². The lowest BCUT2D eigenvalue weighted by atomic mass is 10.1. The summed E-state index contributed by atoms with van der Waals surface area (Å²) in [4.78, 5) is 15.4. The van der Waals surface area contributed by atoms with Gasteiger partial charge >= 0.3 is 0 Å². The maximum Gasteiger partial charge on any atom is 0.266 e. The molecule has 0 spiro atoms. The maximum atomic E-state index is 13.1. The summed E-state index contributed by atoms with van der Waals surface area (Å²) >= 11 is 6.87. The van der Waals surface area contributed by atoms with Crippen LogP contribution in [0.3, 0.4) is 0 Å². The van der Waals surface area contributed by atoms with Crippen molar-refractivity contribution < 1.29 is 9.53 Å². The Labute approximate surface area is 197 Å². The maximum absolute atomic E-state index is 13.1. The molecule has 2 aromatic carbocycles. The van der Waals surface area contributed by atoms with E-state index >= 15 is 0 Å². The Kier molecular flexibility index (Phi) is 5.95. The molecule has 0 aliphatic carbocycles. The van der Waals surface area contributed by atoms with Crippen LogP contribution in [-0.2, 0) is 9.53 Å². The highest BCUT2D eigenvalue weighted by atomic mass is 32.2. The summed E-state index contributed by atoms with van der Waals surface area (Å²) in [6.07, 6.45) is 5.96. The van der Waals surface area contributed by atoms with Crippen LogP contribution >= 0.6 is 24.0 Å². The zero-order chi connectivity index (χ0) is 22.1. The number of benzene rings is 2. The number of para-hydroxylation sites is 1. The molecule has 0 radical (unpaired) electrons. The quantitative estimate of drug-likeness (QED) is 0.385. The van der Waals surface area contributed by atoms with Gasteiger partial charge in [-0.3, -0.25) is 9.69 Å². The predicted molar refractivity (Wildman–Crippen MR) is 133 cm³/mol. The molecule has 1 unspecified atom stereocenters. The standard InChI is InChI=1S/C25H23N3O2S2/c1-17-9-11-18(12-10-17)23-19(15-28(26-23)20-6-3-2-4-7-20)14-22-24(29)27(25(31)32-22)16-21-8-5-13-30-21/h2-4,6-7,9-12,14-15,21H,5,8,13,16H2,1H3. The molecule has 0 bridgehead atoms. The highest BCUT2D eigenvalue weighted by Gasteiger charge is 2.35. The molecule has 1 atom stereocenters. The molecule has 5 rings (SSSR count). The van der Waals surface area contributed by atoms with Gasteiger partial charge in [-0.15, -0.1) is 0 Å². The number of amides is 1. The van der Waals surface area contributed by atoms with E-state index in [2.05, 4.69) is 31.2 Å². The fraction of sp³-hybridized carbons (Fsp3) is 0.240. The Morgan fingerprint density at radius 2 is 1.97 bits per heavy atom. The number of nitrogens with zero attached hydrogens (tertiary/aromatic N) is 3. The van der Waals surface area contributed by atoms with Crippen molar-refractivity contribution in [1.82, 2.24) is 14.7 Å². The number of aryl methyl sites for hydroxylation is 1. The van der Waals surface area contributed by atoms with Crippen LogP contribution in [0.4, 0.5) is 0 Å². The predicted octanol–water partition coefficient (Wildman–Crippen LogP) is 5.23. The highest BCUT2D eigenvalue weighted by molar-refractivity contribution is 8.26. The van der Waals surface area contributed by atoms with Gasteiger partial charge in [-0.25, -0.2) is 4.68 Å². The lowest BCUT2D eigenvalue weighted by molar-refractivity contribution is -0.123. The number of carbonyl (C=O) groups excluding carboxylic acids is 1. The van der Waals surface area contributed by atoms with Gasteiger partial charge < -0.3 is 4.74 Å². The lowest BCUT2D eigenvalue weighted by Crippen LogP contribution is -2.35. The van der Waals surface area contributed by atoms with Gasteiger partial charge in [0.05, 0.1) is 28.9 Å². The molecule has 7 heteroatoms. The smallest absolute Gasteiger partial charge is 0.266 e. The molecular formula is C25H23N3O2S2. The van der Waals surface area contributed by atoms with Gasteiger partial charge in [0.2, 0.25) is 0 Å². The van der Waals surface area contributed by atoms with Crippen LogP contribution in [0.5, 0.6) is 0 Å². The van der Waals surface area contributed by atoms with E-state index in [4.69, 9.17) is 22.1 Å². The molecular weight excluding hydrogens is 438 g/mol. The fourth-order valence-corrected chi connectivity index (χ4v) is 5.20. The van der Waals surface area contributed by atoms with Crippen molar-refractivity contribution in [3.63, 3.8) is 0 Å². The highest BCUT2D eigenvalue weighted by Crippen LogP contribution is 2.35. The summed E-state index contributed by atoms with van der Waals surface area (Å²) in [6, 6.07) is 18.2. The Morgan fingerprint density at radius 3 is 2.69 bits per heavy atom. The summed E-state index contributed by atoms with van der Waals surface area (Å²) in [5.41, 5.74) is 4.87. The Bertz CT molecular complexity index is 1180. The first-order chi connectivity index (χ1) is 15.6. The average molecular weight is 462 g/mol. The van der Waals surface area contributed by atoms with Crippen molar-refractivity contribution >= 4 is 40.3 Å². The number of thioether (sulfide) groups is 1. The molecule has 32 heavy (non-hydrogen) atoms. The second-order valence-corrected chi connectivity index (χ2v) is 9.68. The minimum atomic E-state index is -0.0576. The molecule has 162 valence electrons. The van der Waals surface area contributed by atoms with E-state index in [1.165, 1.54) is 17.3 Å². The SMILES string of the molecule is Cc1ccc(-c2nn(-c3ccccc3)cc2C=C2SC(=S)N(CC3CCCO3)C2=O)cc1. The number of rotatable bonds is 5. The normalized spacial score (nSPS) is 20.0. The van der Waals surface area contributed by atoms with Crippen LogP contribution in [0.1, 0.15) is 24.0 Å². The fourth-order valence-electron chi connectivity index (χ4n) is 3.93. The van der Waals surface area contributed by atoms with Crippen LogP contribution in [0, 0.1) is 6.92 Å². The zero-order valence-electron chi connectivity index (χ0n) is 17.7. The van der Waals surface area contributed by atoms with Gasteiger partial charge in [-0.1, -0.05) is 72.0 Å². The summed E-state index contributed by atoms with van der Waals surface area (Å²) in [5, 5.41) is 4.85. The monoisotopic (exact) mass is 461 g/mol. The molecule has 1 amide bonds. The van der Waals surface area contributed by atoms with E-state index < -0.39 is 0 Å². The molecule has 3 heterocycles. The average Bonchev–Trinajstić information content (AvgIpc) is 3.53. The van der Waals surface area contributed by atoms with Crippen LogP contribution in [0.25, 0.3) is 23.0 Å². The molecule has 2 fully saturated rings. The molecule has 2 aliphatic rings. The number of hydrogen-bond donors (Lipinski definition) is 0. The third-order valence-corrected chi connectivity index (χ3v) is 7.04. The second-order valence-electron chi connectivity index (χ2n) is 8.01. The van der Waals surface area contributed by atoms with Crippen LogP contribution in [-0.4, -0.2) is 44.2 Å². The van der Waals surface area contributed by atoms with Crippen LogP contribution in [0.2, 0.25) is 0 Å². The third-order valence-electron chi connectivity index (χ3n) is 5.66. The number of thiocarbonyl (C=S) groups is 1. The molecule has 0 saturated carbocycles. The minimum absolute atomic E-state index is 0.0576. The number of aromatic nitrogens is 2. The van der Waals surface area contributed by atoms with E-state index in [9.17, 15) is 4.79 Å². The largest absolute Gasteiger partial charge is 0.376 e. The van der Waals surface area contributed by atoms with Crippen molar-refractivity contribution in [1.29, 1.82) is 0 Å². The molecule has 2 aliphatic heterocycles. The van der Waals surface area contributed by atoms with Crippen LogP contribution < -0.4 is 0 Å². The Hall–Kier alpha value is -2.74. The van der Waals surface area contributed by atoms with Crippen molar-refractivity contribution in [2.24, 2.45) is 0 Å².